The Morgan fingerprint density at radius 2 is 2.00 bits per heavy atom. The number of urea groups is 1. The first kappa shape index (κ1) is 13.7. The molecule has 2 aliphatic rings. The fourth-order valence-electron chi connectivity index (χ4n) is 2.75. The van der Waals surface area contributed by atoms with Crippen LogP contribution >= 0.6 is 11.6 Å². The normalized spacial score (nSPS) is 22.8. The summed E-state index contributed by atoms with van der Waals surface area (Å²) in [7, 11) is 0. The van der Waals surface area contributed by atoms with Crippen LogP contribution in [0.4, 0.5) is 10.5 Å². The van der Waals surface area contributed by atoms with Gasteiger partial charge in [-0.25, -0.2) is 4.79 Å². The molecule has 4 nitrogen and oxygen atoms in total. The third-order valence-corrected chi connectivity index (χ3v) is 4.29. The standard InChI is InChI=1S/C15H20ClN3O/c16-12-1-3-13(4-2-12)18-15(20)17-9-11-7-8-19(10-11)14-5-6-14/h1-4,11,14H,5-10H2,(H2,17,18,20). The molecule has 1 aromatic rings. The zero-order chi connectivity index (χ0) is 13.9. The largest absolute Gasteiger partial charge is 0.338 e. The fraction of sp³-hybridized carbons (Fsp3) is 0.533. The second-order valence-electron chi connectivity index (χ2n) is 5.72. The number of hydrogen-bond donors (Lipinski definition) is 2. The minimum Gasteiger partial charge on any atom is -0.338 e. The maximum absolute atomic E-state index is 11.8. The van der Waals surface area contributed by atoms with Gasteiger partial charge in [-0.1, -0.05) is 11.6 Å². The highest BCUT2D eigenvalue weighted by molar-refractivity contribution is 6.30. The lowest BCUT2D eigenvalue weighted by Gasteiger charge is -2.15. The van der Waals surface area contributed by atoms with E-state index in [9.17, 15) is 4.79 Å². The fourth-order valence-corrected chi connectivity index (χ4v) is 2.87. The molecule has 2 fully saturated rings. The monoisotopic (exact) mass is 293 g/mol. The molecule has 1 aromatic carbocycles. The Kier molecular flexibility index (Phi) is 4.13. The summed E-state index contributed by atoms with van der Waals surface area (Å²) in [5.74, 6) is 0.589. The summed E-state index contributed by atoms with van der Waals surface area (Å²) < 4.78 is 0. The molecular formula is C15H20ClN3O. The highest BCUT2D eigenvalue weighted by Crippen LogP contribution is 2.31. The van der Waals surface area contributed by atoms with Gasteiger partial charge in [-0.2, -0.15) is 0 Å². The average molecular weight is 294 g/mol. The van der Waals surface area contributed by atoms with Crippen molar-refractivity contribution in [3.8, 4) is 0 Å². The van der Waals surface area contributed by atoms with Gasteiger partial charge in [-0.3, -0.25) is 0 Å². The van der Waals surface area contributed by atoms with E-state index in [1.54, 1.807) is 24.3 Å². The van der Waals surface area contributed by atoms with Crippen LogP contribution < -0.4 is 10.6 Å². The van der Waals surface area contributed by atoms with Crippen LogP contribution in [0.1, 0.15) is 19.3 Å². The SMILES string of the molecule is O=C(NCC1CCN(C2CC2)C1)Nc1ccc(Cl)cc1. The number of halogens is 1. The van der Waals surface area contributed by atoms with E-state index in [1.165, 1.54) is 25.8 Å². The molecule has 1 saturated carbocycles. The summed E-state index contributed by atoms with van der Waals surface area (Å²) in [6, 6.07) is 7.82. The van der Waals surface area contributed by atoms with E-state index in [0.717, 1.165) is 24.8 Å². The molecule has 20 heavy (non-hydrogen) atoms. The van der Waals surface area contributed by atoms with Gasteiger partial charge in [0, 0.05) is 29.8 Å². The third kappa shape index (κ3) is 3.64. The van der Waals surface area contributed by atoms with Crippen molar-refractivity contribution < 1.29 is 4.79 Å². The summed E-state index contributed by atoms with van der Waals surface area (Å²) in [6.07, 6.45) is 3.91. The van der Waals surface area contributed by atoms with Crippen molar-refractivity contribution in [3.05, 3.63) is 29.3 Å². The Morgan fingerprint density at radius 3 is 2.70 bits per heavy atom. The lowest BCUT2D eigenvalue weighted by atomic mass is 10.1. The van der Waals surface area contributed by atoms with E-state index >= 15 is 0 Å². The Hall–Kier alpha value is -1.26. The molecule has 1 aliphatic carbocycles. The second kappa shape index (κ2) is 6.02. The Bertz CT molecular complexity index is 473. The smallest absolute Gasteiger partial charge is 0.319 e. The van der Waals surface area contributed by atoms with Gasteiger partial charge in [-0.05, 0) is 56.0 Å². The molecule has 1 heterocycles. The highest BCUT2D eigenvalue weighted by atomic mass is 35.5. The molecular weight excluding hydrogens is 274 g/mol. The maximum Gasteiger partial charge on any atom is 0.319 e. The first-order valence-corrected chi connectivity index (χ1v) is 7.63. The summed E-state index contributed by atoms with van der Waals surface area (Å²) in [5.41, 5.74) is 0.762. The van der Waals surface area contributed by atoms with Crippen LogP contribution in [0.5, 0.6) is 0 Å². The molecule has 0 spiro atoms. The molecule has 0 bridgehead atoms. The van der Waals surface area contributed by atoms with Crippen LogP contribution in [0, 0.1) is 5.92 Å². The number of anilines is 1. The summed E-state index contributed by atoms with van der Waals surface area (Å²) in [5, 5.41) is 6.44. The van der Waals surface area contributed by atoms with Crippen LogP contribution in [0.15, 0.2) is 24.3 Å². The molecule has 0 radical (unpaired) electrons. The number of benzene rings is 1. The molecule has 108 valence electrons. The highest BCUT2D eigenvalue weighted by Gasteiger charge is 2.34. The van der Waals surface area contributed by atoms with Crippen molar-refractivity contribution in [1.29, 1.82) is 0 Å². The number of carbonyl (C=O) groups excluding carboxylic acids is 1. The molecule has 1 unspecified atom stereocenters. The Balaban J connectivity index is 1.39. The van der Waals surface area contributed by atoms with Crippen LogP contribution in [0.2, 0.25) is 5.02 Å². The van der Waals surface area contributed by atoms with Gasteiger partial charge in [0.05, 0.1) is 0 Å². The maximum atomic E-state index is 11.8. The zero-order valence-corrected chi connectivity index (χ0v) is 12.2. The molecule has 1 saturated heterocycles. The van der Waals surface area contributed by atoms with Crippen LogP contribution in [0.3, 0.4) is 0 Å². The van der Waals surface area contributed by atoms with Crippen molar-refractivity contribution in [2.45, 2.75) is 25.3 Å². The predicted molar refractivity (Wildman–Crippen MR) is 81.2 cm³/mol. The number of rotatable bonds is 4. The van der Waals surface area contributed by atoms with Gasteiger partial charge in [-0.15, -0.1) is 0 Å². The van der Waals surface area contributed by atoms with E-state index in [1.807, 2.05) is 0 Å². The van der Waals surface area contributed by atoms with Crippen molar-refractivity contribution >= 4 is 23.3 Å². The number of nitrogens with zero attached hydrogens (tertiary/aromatic N) is 1. The number of amides is 2. The van der Waals surface area contributed by atoms with Crippen molar-refractivity contribution in [3.63, 3.8) is 0 Å². The number of hydrogen-bond acceptors (Lipinski definition) is 2. The van der Waals surface area contributed by atoms with Gasteiger partial charge in [0.25, 0.3) is 0 Å². The van der Waals surface area contributed by atoms with Crippen molar-refractivity contribution in [2.24, 2.45) is 5.92 Å². The summed E-state index contributed by atoms with van der Waals surface area (Å²) >= 11 is 5.81. The first-order valence-electron chi connectivity index (χ1n) is 7.25. The molecule has 5 heteroatoms. The summed E-state index contributed by atoms with van der Waals surface area (Å²) in [6.45, 7) is 3.07. The van der Waals surface area contributed by atoms with Crippen LogP contribution in [-0.4, -0.2) is 36.6 Å². The number of carbonyl (C=O) groups is 1. The topological polar surface area (TPSA) is 44.4 Å². The average Bonchev–Trinajstić information content (AvgIpc) is 3.18. The Labute approximate surface area is 124 Å². The van der Waals surface area contributed by atoms with Gasteiger partial charge in [0.2, 0.25) is 0 Å². The number of likely N-dealkylation sites (tertiary alicyclic amines) is 1. The van der Waals surface area contributed by atoms with Gasteiger partial charge in [0.1, 0.15) is 0 Å². The minimum atomic E-state index is -0.141. The molecule has 2 N–H and O–H groups in total. The second-order valence-corrected chi connectivity index (χ2v) is 6.16. The van der Waals surface area contributed by atoms with Gasteiger partial charge >= 0.3 is 6.03 Å². The van der Waals surface area contributed by atoms with Crippen LogP contribution in [-0.2, 0) is 0 Å². The quantitative estimate of drug-likeness (QED) is 0.896. The van der Waals surface area contributed by atoms with E-state index in [4.69, 9.17) is 11.6 Å². The van der Waals surface area contributed by atoms with Gasteiger partial charge in [0.15, 0.2) is 0 Å². The molecule has 2 amide bonds. The van der Waals surface area contributed by atoms with E-state index in [2.05, 4.69) is 15.5 Å². The van der Waals surface area contributed by atoms with E-state index < -0.39 is 0 Å². The van der Waals surface area contributed by atoms with Crippen molar-refractivity contribution in [2.75, 3.05) is 25.0 Å². The lowest BCUT2D eigenvalue weighted by Crippen LogP contribution is -2.34. The molecule has 0 aromatic heterocycles. The van der Waals surface area contributed by atoms with Crippen LogP contribution in [0.25, 0.3) is 0 Å². The van der Waals surface area contributed by atoms with Gasteiger partial charge < -0.3 is 15.5 Å². The predicted octanol–water partition coefficient (Wildman–Crippen LogP) is 2.95. The minimum absolute atomic E-state index is 0.141. The zero-order valence-electron chi connectivity index (χ0n) is 11.4. The molecule has 1 atom stereocenters. The van der Waals surface area contributed by atoms with E-state index in [0.29, 0.717) is 10.9 Å². The third-order valence-electron chi connectivity index (χ3n) is 4.03. The van der Waals surface area contributed by atoms with Crippen molar-refractivity contribution in [1.82, 2.24) is 10.2 Å². The molecule has 1 aliphatic heterocycles. The first-order chi connectivity index (χ1) is 9.70. The molecule has 3 rings (SSSR count). The number of nitrogens with one attached hydrogen (secondary N) is 2. The summed E-state index contributed by atoms with van der Waals surface area (Å²) in [4.78, 5) is 14.4. The Morgan fingerprint density at radius 1 is 1.25 bits per heavy atom. The lowest BCUT2D eigenvalue weighted by molar-refractivity contribution is 0.249. The van der Waals surface area contributed by atoms with E-state index in [-0.39, 0.29) is 6.03 Å².